The van der Waals surface area contributed by atoms with E-state index in [1.54, 1.807) is 17.1 Å². The topological polar surface area (TPSA) is 43.8 Å². The third-order valence-electron chi connectivity index (χ3n) is 2.58. The fourth-order valence-corrected chi connectivity index (χ4v) is 1.67. The number of aromatic nitrogens is 2. The van der Waals surface area contributed by atoms with Crippen LogP contribution in [0.2, 0.25) is 0 Å². The minimum atomic E-state index is -0.851. The number of benzene rings is 1. The average Bonchev–Trinajstić information content (AvgIpc) is 2.72. The van der Waals surface area contributed by atoms with Crippen LogP contribution in [0.25, 0.3) is 0 Å². The summed E-state index contributed by atoms with van der Waals surface area (Å²) >= 11 is 0. The lowest BCUT2D eigenvalue weighted by Crippen LogP contribution is -2.15. The van der Waals surface area contributed by atoms with Gasteiger partial charge in [0.05, 0.1) is 18.1 Å². The van der Waals surface area contributed by atoms with Crippen LogP contribution in [0, 0.1) is 11.6 Å². The van der Waals surface area contributed by atoms with Gasteiger partial charge in [-0.3, -0.25) is 0 Å². The van der Waals surface area contributed by atoms with Crippen LogP contribution in [-0.4, -0.2) is 9.55 Å². The van der Waals surface area contributed by atoms with Crippen LogP contribution in [-0.2, 0) is 13.5 Å². The molecular formula is C12H13F2N3. The van der Waals surface area contributed by atoms with Gasteiger partial charge in [0.1, 0.15) is 0 Å². The van der Waals surface area contributed by atoms with Gasteiger partial charge < -0.3 is 10.3 Å². The van der Waals surface area contributed by atoms with E-state index in [9.17, 15) is 8.78 Å². The Kier molecular flexibility index (Phi) is 3.19. The van der Waals surface area contributed by atoms with E-state index in [4.69, 9.17) is 5.73 Å². The molecule has 0 spiro atoms. The second kappa shape index (κ2) is 4.63. The second-order valence-electron chi connectivity index (χ2n) is 3.99. The van der Waals surface area contributed by atoms with Gasteiger partial charge in [-0.05, 0) is 18.1 Å². The summed E-state index contributed by atoms with van der Waals surface area (Å²) in [6, 6.07) is 3.65. The molecule has 1 unspecified atom stereocenters. The first-order chi connectivity index (χ1) is 8.08. The largest absolute Gasteiger partial charge is 0.340 e. The minimum absolute atomic E-state index is 0.223. The van der Waals surface area contributed by atoms with E-state index in [0.29, 0.717) is 5.69 Å². The molecule has 0 saturated carbocycles. The highest BCUT2D eigenvalue weighted by atomic mass is 19.2. The first-order valence-corrected chi connectivity index (χ1v) is 5.24. The molecule has 0 radical (unpaired) electrons. The quantitative estimate of drug-likeness (QED) is 0.886. The zero-order chi connectivity index (χ0) is 12.4. The van der Waals surface area contributed by atoms with E-state index in [0.717, 1.165) is 6.07 Å². The lowest BCUT2D eigenvalue weighted by molar-refractivity contribution is 0.493. The Balaban J connectivity index is 2.18. The monoisotopic (exact) mass is 237 g/mol. The van der Waals surface area contributed by atoms with Gasteiger partial charge in [0, 0.05) is 13.2 Å². The molecule has 1 aromatic carbocycles. The number of nitrogens with zero attached hydrogens (tertiary/aromatic N) is 2. The molecule has 17 heavy (non-hydrogen) atoms. The van der Waals surface area contributed by atoms with Crippen molar-refractivity contribution in [3.8, 4) is 0 Å². The summed E-state index contributed by atoms with van der Waals surface area (Å²) in [7, 11) is 1.83. The first-order valence-electron chi connectivity index (χ1n) is 5.24. The summed E-state index contributed by atoms with van der Waals surface area (Å²) in [5.74, 6) is -1.69. The lowest BCUT2D eigenvalue weighted by atomic mass is 10.0. The number of halogens is 2. The maximum atomic E-state index is 13.4. The zero-order valence-corrected chi connectivity index (χ0v) is 9.40. The van der Waals surface area contributed by atoms with Gasteiger partial charge in [-0.25, -0.2) is 13.8 Å². The van der Waals surface area contributed by atoms with Crippen molar-refractivity contribution in [1.29, 1.82) is 0 Å². The van der Waals surface area contributed by atoms with Gasteiger partial charge in [-0.2, -0.15) is 0 Å². The van der Waals surface area contributed by atoms with Crippen LogP contribution >= 0.6 is 0 Å². The maximum absolute atomic E-state index is 13.4. The Morgan fingerprint density at radius 2 is 2.18 bits per heavy atom. The molecule has 2 N–H and O–H groups in total. The number of rotatable bonds is 3. The van der Waals surface area contributed by atoms with Crippen LogP contribution < -0.4 is 5.73 Å². The Hall–Kier alpha value is -1.75. The predicted octanol–water partition coefficient (Wildman–Crippen LogP) is 1.94. The van der Waals surface area contributed by atoms with Gasteiger partial charge in [0.25, 0.3) is 0 Å². The lowest BCUT2D eigenvalue weighted by Gasteiger charge is -2.09. The SMILES string of the molecule is Cn1cnc(C(N)Cc2cccc(F)c2F)c1. The third-order valence-corrected chi connectivity index (χ3v) is 2.58. The summed E-state index contributed by atoms with van der Waals surface area (Å²) in [5, 5.41) is 0. The highest BCUT2D eigenvalue weighted by molar-refractivity contribution is 5.21. The van der Waals surface area contributed by atoms with Gasteiger partial charge in [0.2, 0.25) is 0 Å². The molecule has 0 amide bonds. The molecule has 1 heterocycles. The number of hydrogen-bond acceptors (Lipinski definition) is 2. The minimum Gasteiger partial charge on any atom is -0.340 e. The Labute approximate surface area is 97.9 Å². The van der Waals surface area contributed by atoms with Gasteiger partial charge in [0.15, 0.2) is 11.6 Å². The van der Waals surface area contributed by atoms with Crippen molar-refractivity contribution >= 4 is 0 Å². The highest BCUT2D eigenvalue weighted by Gasteiger charge is 2.14. The molecule has 2 rings (SSSR count). The zero-order valence-electron chi connectivity index (χ0n) is 9.40. The van der Waals surface area contributed by atoms with Crippen molar-refractivity contribution in [1.82, 2.24) is 9.55 Å². The van der Waals surface area contributed by atoms with Crippen molar-refractivity contribution in [2.75, 3.05) is 0 Å². The summed E-state index contributed by atoms with van der Waals surface area (Å²) < 4.78 is 28.2. The fourth-order valence-electron chi connectivity index (χ4n) is 1.67. The van der Waals surface area contributed by atoms with E-state index >= 15 is 0 Å². The standard InChI is InChI=1S/C12H13F2N3/c1-17-6-11(16-7-17)10(15)5-8-3-2-4-9(13)12(8)14/h2-4,6-7,10H,5,15H2,1H3. The Bertz CT molecular complexity index is 522. The van der Waals surface area contributed by atoms with Crippen molar-refractivity contribution in [3.63, 3.8) is 0 Å². The van der Waals surface area contributed by atoms with Crippen molar-refractivity contribution in [3.05, 3.63) is 53.6 Å². The van der Waals surface area contributed by atoms with Crippen LogP contribution in [0.4, 0.5) is 8.78 Å². The molecule has 0 fully saturated rings. The van der Waals surface area contributed by atoms with E-state index in [2.05, 4.69) is 4.98 Å². The van der Waals surface area contributed by atoms with E-state index < -0.39 is 17.7 Å². The summed E-state index contributed by atoms with van der Waals surface area (Å²) in [6.45, 7) is 0. The van der Waals surface area contributed by atoms with Crippen molar-refractivity contribution in [2.45, 2.75) is 12.5 Å². The molecule has 0 bridgehead atoms. The fraction of sp³-hybridized carbons (Fsp3) is 0.250. The Morgan fingerprint density at radius 1 is 1.41 bits per heavy atom. The molecular weight excluding hydrogens is 224 g/mol. The normalized spacial score (nSPS) is 12.7. The summed E-state index contributed by atoms with van der Waals surface area (Å²) in [5.41, 5.74) is 6.82. The molecule has 2 aromatic rings. The number of hydrogen-bond donors (Lipinski definition) is 1. The Morgan fingerprint density at radius 3 is 2.82 bits per heavy atom. The predicted molar refractivity (Wildman–Crippen MR) is 60.2 cm³/mol. The molecule has 5 heteroatoms. The van der Waals surface area contributed by atoms with Crippen LogP contribution in [0.3, 0.4) is 0 Å². The van der Waals surface area contributed by atoms with Gasteiger partial charge in [-0.15, -0.1) is 0 Å². The maximum Gasteiger partial charge on any atom is 0.162 e. The molecule has 1 atom stereocenters. The molecule has 0 aliphatic carbocycles. The van der Waals surface area contributed by atoms with Crippen LogP contribution in [0.1, 0.15) is 17.3 Å². The smallest absolute Gasteiger partial charge is 0.162 e. The van der Waals surface area contributed by atoms with Crippen LogP contribution in [0.15, 0.2) is 30.7 Å². The second-order valence-corrected chi connectivity index (χ2v) is 3.99. The number of imidazole rings is 1. The summed E-state index contributed by atoms with van der Waals surface area (Å²) in [6.07, 6.45) is 3.61. The molecule has 1 aromatic heterocycles. The van der Waals surface area contributed by atoms with E-state index in [1.165, 1.54) is 12.1 Å². The summed E-state index contributed by atoms with van der Waals surface area (Å²) in [4.78, 5) is 4.09. The van der Waals surface area contributed by atoms with Gasteiger partial charge in [-0.1, -0.05) is 12.1 Å². The first kappa shape index (κ1) is 11.7. The van der Waals surface area contributed by atoms with Gasteiger partial charge >= 0.3 is 0 Å². The average molecular weight is 237 g/mol. The molecule has 3 nitrogen and oxygen atoms in total. The van der Waals surface area contributed by atoms with E-state index in [1.807, 2.05) is 7.05 Å². The number of aryl methyl sites for hydroxylation is 1. The van der Waals surface area contributed by atoms with Crippen molar-refractivity contribution < 1.29 is 8.78 Å². The third kappa shape index (κ3) is 2.50. The van der Waals surface area contributed by atoms with Crippen molar-refractivity contribution in [2.24, 2.45) is 12.8 Å². The molecule has 0 aliphatic rings. The molecule has 0 aliphatic heterocycles. The molecule has 0 saturated heterocycles. The van der Waals surface area contributed by atoms with E-state index in [-0.39, 0.29) is 12.0 Å². The molecule has 90 valence electrons. The van der Waals surface area contributed by atoms with Crippen LogP contribution in [0.5, 0.6) is 0 Å². The highest BCUT2D eigenvalue weighted by Crippen LogP contribution is 2.18. The number of nitrogens with two attached hydrogens (primary N) is 1.